The summed E-state index contributed by atoms with van der Waals surface area (Å²) in [6.45, 7) is 7.72. The molecule has 2 aliphatic heterocycles. The number of amides is 1. The van der Waals surface area contributed by atoms with Crippen LogP contribution in [0.4, 0.5) is 0 Å². The maximum Gasteiger partial charge on any atom is 0.233 e. The van der Waals surface area contributed by atoms with Crippen molar-refractivity contribution in [3.05, 3.63) is 0 Å². The van der Waals surface area contributed by atoms with E-state index in [-0.39, 0.29) is 11.3 Å². The van der Waals surface area contributed by atoms with E-state index in [1.165, 1.54) is 0 Å². The quantitative estimate of drug-likeness (QED) is 0.666. The molecule has 0 radical (unpaired) electrons. The smallest absolute Gasteiger partial charge is 0.233 e. The van der Waals surface area contributed by atoms with Gasteiger partial charge in [-0.3, -0.25) is 9.79 Å². The summed E-state index contributed by atoms with van der Waals surface area (Å²) in [5.74, 6) is 1.25. The predicted octanol–water partition coefficient (Wildman–Crippen LogP) is 1.03. The molecule has 2 heterocycles. The van der Waals surface area contributed by atoms with Crippen LogP contribution in [-0.4, -0.2) is 42.8 Å². The zero-order valence-electron chi connectivity index (χ0n) is 10.3. The average Bonchev–Trinajstić information content (AvgIpc) is 2.46. The average molecular weight is 223 g/mol. The molecule has 0 unspecified atom stereocenters. The first kappa shape index (κ1) is 11.6. The predicted molar refractivity (Wildman–Crippen MR) is 64.5 cm³/mol. The van der Waals surface area contributed by atoms with E-state index in [0.29, 0.717) is 0 Å². The Morgan fingerprint density at radius 3 is 2.88 bits per heavy atom. The van der Waals surface area contributed by atoms with E-state index in [9.17, 15) is 4.79 Å². The van der Waals surface area contributed by atoms with Crippen LogP contribution in [0.25, 0.3) is 0 Å². The minimum atomic E-state index is -0.250. The number of amidine groups is 1. The third-order valence-corrected chi connectivity index (χ3v) is 3.28. The maximum atomic E-state index is 12.1. The molecule has 0 aromatic heterocycles. The third kappa shape index (κ3) is 2.26. The van der Waals surface area contributed by atoms with E-state index in [1.807, 2.05) is 18.7 Å². The second-order valence-corrected chi connectivity index (χ2v) is 5.27. The SMILES string of the molecule is CC1(C)CC2=NCCCNCCCN2C1=O. The number of carbonyl (C=O) groups is 1. The molecular formula is C12H21N3O. The Hall–Kier alpha value is -0.900. The fourth-order valence-corrected chi connectivity index (χ4v) is 2.32. The molecule has 0 aromatic carbocycles. The van der Waals surface area contributed by atoms with E-state index >= 15 is 0 Å². The summed E-state index contributed by atoms with van der Waals surface area (Å²) in [5.41, 5.74) is -0.250. The second kappa shape index (κ2) is 4.53. The molecule has 1 N–H and O–H groups in total. The Morgan fingerprint density at radius 1 is 1.31 bits per heavy atom. The molecule has 1 amide bonds. The van der Waals surface area contributed by atoms with E-state index in [1.54, 1.807) is 0 Å². The summed E-state index contributed by atoms with van der Waals surface area (Å²) < 4.78 is 0. The van der Waals surface area contributed by atoms with Gasteiger partial charge in [-0.2, -0.15) is 0 Å². The highest BCUT2D eigenvalue weighted by molar-refractivity contribution is 6.07. The van der Waals surface area contributed by atoms with Crippen LogP contribution in [0.5, 0.6) is 0 Å². The van der Waals surface area contributed by atoms with Gasteiger partial charge in [0.15, 0.2) is 0 Å². The highest BCUT2D eigenvalue weighted by Gasteiger charge is 2.42. The normalized spacial score (nSPS) is 26.2. The molecule has 16 heavy (non-hydrogen) atoms. The van der Waals surface area contributed by atoms with E-state index in [2.05, 4.69) is 10.3 Å². The summed E-state index contributed by atoms with van der Waals surface area (Å²) in [5, 5.41) is 3.36. The van der Waals surface area contributed by atoms with Crippen LogP contribution < -0.4 is 5.32 Å². The fourth-order valence-electron chi connectivity index (χ4n) is 2.32. The van der Waals surface area contributed by atoms with Crippen LogP contribution in [0, 0.1) is 5.41 Å². The van der Waals surface area contributed by atoms with Crippen LogP contribution in [0.1, 0.15) is 33.1 Å². The second-order valence-electron chi connectivity index (χ2n) is 5.27. The molecule has 1 fully saturated rings. The zero-order chi connectivity index (χ0) is 11.6. The Kier molecular flexibility index (Phi) is 3.28. The molecule has 0 aromatic rings. The van der Waals surface area contributed by atoms with Crippen molar-refractivity contribution in [2.24, 2.45) is 10.4 Å². The number of fused-ring (bicyclic) bond motifs is 1. The first-order valence-electron chi connectivity index (χ1n) is 6.17. The van der Waals surface area contributed by atoms with Crippen molar-refractivity contribution < 1.29 is 4.79 Å². The standard InChI is InChI=1S/C12H21N3O/c1-12(2)9-10-14-7-3-5-13-6-4-8-15(10)11(12)16/h13H,3-9H2,1-2H3. The van der Waals surface area contributed by atoms with Gasteiger partial charge in [0.05, 0.1) is 5.41 Å². The van der Waals surface area contributed by atoms with Crippen molar-refractivity contribution in [2.75, 3.05) is 26.2 Å². The van der Waals surface area contributed by atoms with Gasteiger partial charge in [-0.25, -0.2) is 0 Å². The van der Waals surface area contributed by atoms with Crippen LogP contribution in [0.3, 0.4) is 0 Å². The van der Waals surface area contributed by atoms with Gasteiger partial charge in [-0.15, -0.1) is 0 Å². The molecule has 1 saturated heterocycles. The van der Waals surface area contributed by atoms with Gasteiger partial charge >= 0.3 is 0 Å². The molecule has 0 bridgehead atoms. The van der Waals surface area contributed by atoms with Crippen molar-refractivity contribution in [1.82, 2.24) is 10.2 Å². The van der Waals surface area contributed by atoms with Gasteiger partial charge < -0.3 is 10.2 Å². The van der Waals surface area contributed by atoms with E-state index < -0.39 is 0 Å². The molecule has 0 atom stereocenters. The lowest BCUT2D eigenvalue weighted by atomic mass is 9.92. The minimum Gasteiger partial charge on any atom is -0.317 e. The third-order valence-electron chi connectivity index (χ3n) is 3.28. The van der Waals surface area contributed by atoms with Gasteiger partial charge in [0.25, 0.3) is 0 Å². The Morgan fingerprint density at radius 2 is 2.06 bits per heavy atom. The number of rotatable bonds is 0. The van der Waals surface area contributed by atoms with Gasteiger partial charge in [0.2, 0.25) is 5.91 Å². The highest BCUT2D eigenvalue weighted by Crippen LogP contribution is 2.32. The van der Waals surface area contributed by atoms with E-state index in [4.69, 9.17) is 0 Å². The topological polar surface area (TPSA) is 44.7 Å². The van der Waals surface area contributed by atoms with Crippen LogP contribution in [0.15, 0.2) is 4.99 Å². The summed E-state index contributed by atoms with van der Waals surface area (Å²) in [6, 6.07) is 0. The molecular weight excluding hydrogens is 202 g/mol. The number of hydrogen-bond donors (Lipinski definition) is 1. The number of nitrogens with zero attached hydrogens (tertiary/aromatic N) is 2. The van der Waals surface area contributed by atoms with Crippen molar-refractivity contribution in [3.8, 4) is 0 Å². The van der Waals surface area contributed by atoms with Crippen molar-refractivity contribution >= 4 is 11.7 Å². The first-order chi connectivity index (χ1) is 7.61. The number of nitrogens with one attached hydrogen (secondary N) is 1. The molecule has 0 aliphatic carbocycles. The molecule has 90 valence electrons. The lowest BCUT2D eigenvalue weighted by Crippen LogP contribution is -2.36. The van der Waals surface area contributed by atoms with Crippen molar-refractivity contribution in [1.29, 1.82) is 0 Å². The molecule has 4 nitrogen and oxygen atoms in total. The van der Waals surface area contributed by atoms with Gasteiger partial charge in [-0.05, 0) is 25.9 Å². The molecule has 2 aliphatic rings. The lowest BCUT2D eigenvalue weighted by Gasteiger charge is -2.20. The zero-order valence-corrected chi connectivity index (χ0v) is 10.3. The summed E-state index contributed by atoms with van der Waals surface area (Å²) in [4.78, 5) is 18.6. The Balaban J connectivity index is 2.16. The number of aliphatic imine (C=N–C) groups is 1. The molecule has 0 spiro atoms. The van der Waals surface area contributed by atoms with Crippen LogP contribution >= 0.6 is 0 Å². The van der Waals surface area contributed by atoms with Gasteiger partial charge in [0, 0.05) is 19.5 Å². The molecule has 2 rings (SSSR count). The van der Waals surface area contributed by atoms with Crippen molar-refractivity contribution in [3.63, 3.8) is 0 Å². The number of carbonyl (C=O) groups excluding carboxylic acids is 1. The van der Waals surface area contributed by atoms with Crippen LogP contribution in [0.2, 0.25) is 0 Å². The largest absolute Gasteiger partial charge is 0.317 e. The monoisotopic (exact) mass is 223 g/mol. The maximum absolute atomic E-state index is 12.1. The fraction of sp³-hybridized carbons (Fsp3) is 0.833. The molecule has 0 saturated carbocycles. The van der Waals surface area contributed by atoms with Crippen LogP contribution in [-0.2, 0) is 4.79 Å². The summed E-state index contributed by atoms with van der Waals surface area (Å²) in [6.07, 6.45) is 2.88. The lowest BCUT2D eigenvalue weighted by molar-refractivity contribution is -0.133. The highest BCUT2D eigenvalue weighted by atomic mass is 16.2. The Bertz CT molecular complexity index is 309. The Labute approximate surface area is 97.1 Å². The number of hydrogen-bond acceptors (Lipinski definition) is 3. The minimum absolute atomic E-state index is 0.242. The molecule has 4 heteroatoms. The van der Waals surface area contributed by atoms with Gasteiger partial charge in [0.1, 0.15) is 5.84 Å². The summed E-state index contributed by atoms with van der Waals surface area (Å²) >= 11 is 0. The van der Waals surface area contributed by atoms with Crippen molar-refractivity contribution in [2.45, 2.75) is 33.1 Å². The van der Waals surface area contributed by atoms with E-state index in [0.717, 1.165) is 51.3 Å². The van der Waals surface area contributed by atoms with Gasteiger partial charge in [-0.1, -0.05) is 13.8 Å². The first-order valence-corrected chi connectivity index (χ1v) is 6.17. The summed E-state index contributed by atoms with van der Waals surface area (Å²) in [7, 11) is 0.